The standard InChI is InChI=1S/C30H44Cl2N4O2.2ClH/c1-5-35(6-2,23-25-13-9-11-15-27(25)31)21-19-33-29(37)17-18-30(38)34-20-22-36(7-3,8-4)24-26-14-10-12-16-28(26)32;;/h9-16H,5-8,17-24H2,1-4H3;2*1H. The van der Waals surface area contributed by atoms with Gasteiger partial charge >= 0.3 is 0 Å². The summed E-state index contributed by atoms with van der Waals surface area (Å²) in [5.41, 5.74) is 2.22. The number of hydrogen-bond acceptors (Lipinski definition) is 4. The zero-order valence-electron chi connectivity index (χ0n) is 24.3. The van der Waals surface area contributed by atoms with Crippen LogP contribution in [0.3, 0.4) is 0 Å². The van der Waals surface area contributed by atoms with E-state index in [9.17, 15) is 10.2 Å². The summed E-state index contributed by atoms with van der Waals surface area (Å²) in [5.74, 6) is -0.467. The van der Waals surface area contributed by atoms with Gasteiger partial charge in [0, 0.05) is 21.2 Å². The van der Waals surface area contributed by atoms with Gasteiger partial charge in [-0.1, -0.05) is 59.6 Å². The van der Waals surface area contributed by atoms with E-state index in [0.717, 1.165) is 82.5 Å². The van der Waals surface area contributed by atoms with Crippen LogP contribution in [0.2, 0.25) is 10.0 Å². The summed E-state index contributed by atoms with van der Waals surface area (Å²) in [4.78, 5) is 8.49. The predicted molar refractivity (Wildman–Crippen MR) is 171 cm³/mol. The van der Waals surface area contributed by atoms with Crippen LogP contribution in [0.1, 0.15) is 51.7 Å². The van der Waals surface area contributed by atoms with E-state index in [-0.39, 0.29) is 49.5 Å². The molecule has 2 aromatic rings. The molecule has 0 amide bonds. The Balaban J connectivity index is 0.00000760. The molecule has 0 aliphatic rings. The molecule has 0 bridgehead atoms. The van der Waals surface area contributed by atoms with Crippen molar-refractivity contribution in [3.05, 3.63) is 69.7 Å². The van der Waals surface area contributed by atoms with E-state index < -0.39 is 0 Å². The van der Waals surface area contributed by atoms with Crippen molar-refractivity contribution < 1.29 is 19.2 Å². The number of quaternary nitrogens is 2. The molecular formula is C30H46Cl4N4O2. The van der Waals surface area contributed by atoms with Crippen molar-refractivity contribution in [3.63, 3.8) is 0 Å². The highest BCUT2D eigenvalue weighted by Gasteiger charge is 2.25. The Bertz CT molecular complexity index is 974. The van der Waals surface area contributed by atoms with Gasteiger partial charge in [-0.15, -0.1) is 24.8 Å². The van der Waals surface area contributed by atoms with Crippen LogP contribution in [0.4, 0.5) is 0 Å². The minimum absolute atomic E-state index is 0. The molecule has 0 N–H and O–H groups in total. The maximum Gasteiger partial charge on any atom is 0.106 e. The van der Waals surface area contributed by atoms with Gasteiger partial charge in [0.1, 0.15) is 13.1 Å². The molecule has 0 aliphatic carbocycles. The Labute approximate surface area is 263 Å². The number of aliphatic imine (C=N–C) groups is 2. The molecule has 0 radical (unpaired) electrons. The van der Waals surface area contributed by atoms with Crippen molar-refractivity contribution in [2.45, 2.75) is 53.6 Å². The Morgan fingerprint density at radius 1 is 0.625 bits per heavy atom. The van der Waals surface area contributed by atoms with E-state index >= 15 is 0 Å². The normalized spacial score (nSPS) is 12.6. The van der Waals surface area contributed by atoms with E-state index in [1.54, 1.807) is 0 Å². The van der Waals surface area contributed by atoms with E-state index in [4.69, 9.17) is 23.2 Å². The molecule has 226 valence electrons. The first-order valence-electron chi connectivity index (χ1n) is 13.8. The second-order valence-electron chi connectivity index (χ2n) is 9.95. The van der Waals surface area contributed by atoms with E-state index in [2.05, 4.69) is 49.8 Å². The number of nitrogens with zero attached hydrogens (tertiary/aromatic N) is 4. The Morgan fingerprint density at radius 3 is 1.25 bits per heavy atom. The molecule has 10 heteroatoms. The fourth-order valence-corrected chi connectivity index (χ4v) is 5.20. The number of likely N-dealkylation sites (N-methyl/N-ethyl adjacent to an activating group) is 2. The van der Waals surface area contributed by atoms with Crippen molar-refractivity contribution in [1.29, 1.82) is 0 Å². The second kappa shape index (κ2) is 19.6. The third kappa shape index (κ3) is 12.1. The highest BCUT2D eigenvalue weighted by Crippen LogP contribution is 2.22. The molecule has 0 spiro atoms. The lowest BCUT2D eigenvalue weighted by atomic mass is 10.1. The van der Waals surface area contributed by atoms with Gasteiger partial charge in [-0.2, -0.15) is 0 Å². The molecule has 2 aromatic carbocycles. The van der Waals surface area contributed by atoms with Crippen LogP contribution >= 0.6 is 48.0 Å². The summed E-state index contributed by atoms with van der Waals surface area (Å²) in [7, 11) is 0. The lowest BCUT2D eigenvalue weighted by Gasteiger charge is -2.37. The molecule has 0 heterocycles. The van der Waals surface area contributed by atoms with Crippen LogP contribution in [-0.2, 0) is 13.1 Å². The van der Waals surface area contributed by atoms with Crippen molar-refractivity contribution in [1.82, 2.24) is 0 Å². The van der Waals surface area contributed by atoms with Crippen molar-refractivity contribution in [2.24, 2.45) is 9.98 Å². The summed E-state index contributed by atoms with van der Waals surface area (Å²) in [6.07, 6.45) is 0.207. The molecule has 0 fully saturated rings. The zero-order chi connectivity index (χ0) is 28.0. The average Bonchev–Trinajstić information content (AvgIpc) is 2.93. The fraction of sp³-hybridized carbons (Fsp3) is 0.533. The lowest BCUT2D eigenvalue weighted by molar-refractivity contribution is -0.936. The first kappa shape index (κ1) is 38.5. The van der Waals surface area contributed by atoms with Crippen LogP contribution < -0.4 is 10.2 Å². The zero-order valence-corrected chi connectivity index (χ0v) is 27.4. The van der Waals surface area contributed by atoms with E-state index in [0.29, 0.717) is 13.1 Å². The molecular weight excluding hydrogens is 590 g/mol. The Kier molecular flexibility index (Phi) is 18.8. The molecule has 0 aliphatic heterocycles. The Hall–Kier alpha value is -1.54. The van der Waals surface area contributed by atoms with Gasteiger partial charge in [-0.25, -0.2) is 0 Å². The first-order valence-corrected chi connectivity index (χ1v) is 14.5. The topological polar surface area (TPSA) is 70.8 Å². The molecule has 2 rings (SSSR count). The number of halogens is 4. The quantitative estimate of drug-likeness (QED) is 0.130. The number of benzene rings is 2. The van der Waals surface area contributed by atoms with Gasteiger partial charge in [0.2, 0.25) is 0 Å². The molecule has 0 aromatic heterocycles. The molecule has 40 heavy (non-hydrogen) atoms. The highest BCUT2D eigenvalue weighted by atomic mass is 35.5. The number of hydrogen-bond donors (Lipinski definition) is 0. The monoisotopic (exact) mass is 634 g/mol. The lowest BCUT2D eigenvalue weighted by Crippen LogP contribution is -2.48. The van der Waals surface area contributed by atoms with Crippen LogP contribution in [0.5, 0.6) is 0 Å². The fourth-order valence-electron chi connectivity index (χ4n) is 4.81. The van der Waals surface area contributed by atoms with Gasteiger partial charge in [0.25, 0.3) is 0 Å². The van der Waals surface area contributed by atoms with Crippen molar-refractivity contribution >= 4 is 59.8 Å². The van der Waals surface area contributed by atoms with Crippen LogP contribution in [0.25, 0.3) is 0 Å². The maximum atomic E-state index is 12.4. The molecule has 0 unspecified atom stereocenters. The van der Waals surface area contributed by atoms with Crippen LogP contribution in [-0.4, -0.2) is 73.1 Å². The molecule has 0 atom stereocenters. The molecule has 0 saturated carbocycles. The summed E-state index contributed by atoms with van der Waals surface area (Å²) >= 11 is 12.8. The smallest absolute Gasteiger partial charge is 0.106 e. The summed E-state index contributed by atoms with van der Waals surface area (Å²) in [5, 5.41) is 26.3. The van der Waals surface area contributed by atoms with Gasteiger partial charge < -0.3 is 19.2 Å². The summed E-state index contributed by atoms with van der Waals surface area (Å²) in [6, 6.07) is 15.8. The number of rotatable bonds is 17. The predicted octanol–water partition coefficient (Wildman–Crippen LogP) is 5.55. The third-order valence-corrected chi connectivity index (χ3v) is 8.63. The highest BCUT2D eigenvalue weighted by molar-refractivity contribution is 6.31. The molecule has 0 saturated heterocycles. The largest absolute Gasteiger partial charge is 0.862 e. The van der Waals surface area contributed by atoms with Crippen LogP contribution in [0, 0.1) is 0 Å². The van der Waals surface area contributed by atoms with Gasteiger partial charge in [-0.05, 0) is 64.5 Å². The minimum Gasteiger partial charge on any atom is -0.862 e. The maximum absolute atomic E-state index is 12.4. The van der Waals surface area contributed by atoms with Gasteiger partial charge in [0.05, 0.1) is 52.4 Å². The third-order valence-electron chi connectivity index (χ3n) is 7.89. The average molecular weight is 637 g/mol. The Morgan fingerprint density at radius 2 is 0.950 bits per heavy atom. The van der Waals surface area contributed by atoms with Crippen molar-refractivity contribution in [3.8, 4) is 0 Å². The van der Waals surface area contributed by atoms with Crippen LogP contribution in [0.15, 0.2) is 58.5 Å². The SMILES string of the molecule is CC[N+](CC)(CCN=C([O-])CCC([O-])=NCC[N+](CC)(CC)Cc1ccccc1Cl)Cc1ccccc1Cl.Cl.Cl. The molecule has 6 nitrogen and oxygen atoms in total. The van der Waals surface area contributed by atoms with Crippen molar-refractivity contribution in [2.75, 3.05) is 52.4 Å². The van der Waals surface area contributed by atoms with Gasteiger partial charge in [0.15, 0.2) is 0 Å². The van der Waals surface area contributed by atoms with Gasteiger partial charge in [-0.3, -0.25) is 9.98 Å². The summed E-state index contributed by atoms with van der Waals surface area (Å²) < 4.78 is 1.61. The first-order chi connectivity index (χ1) is 18.2. The van der Waals surface area contributed by atoms with E-state index in [1.165, 1.54) is 0 Å². The summed E-state index contributed by atoms with van der Waals surface area (Å²) in [6.45, 7) is 16.3. The second-order valence-corrected chi connectivity index (χ2v) is 10.8. The van der Waals surface area contributed by atoms with E-state index in [1.807, 2.05) is 36.4 Å². The minimum atomic E-state index is -0.234.